The van der Waals surface area contributed by atoms with E-state index in [9.17, 15) is 0 Å². The molecule has 0 spiro atoms. The third-order valence-electron chi connectivity index (χ3n) is 10.5. The minimum absolute atomic E-state index is 0.646. The van der Waals surface area contributed by atoms with Gasteiger partial charge < -0.3 is 0 Å². The molecule has 0 fully saturated rings. The maximum Gasteiger partial charge on any atom is 0.164 e. The Balaban J connectivity index is 1.17. The van der Waals surface area contributed by atoms with Gasteiger partial charge in [0, 0.05) is 36.9 Å². The summed E-state index contributed by atoms with van der Waals surface area (Å²) in [6, 6.07) is 62.6. The van der Waals surface area contributed by atoms with Gasteiger partial charge in [-0.3, -0.25) is 0 Å². The average Bonchev–Trinajstić information content (AvgIpc) is 3.63. The summed E-state index contributed by atoms with van der Waals surface area (Å²) in [5, 5.41) is 12.3. The van der Waals surface area contributed by atoms with Crippen LogP contribution >= 0.6 is 11.3 Å². The van der Waals surface area contributed by atoms with Gasteiger partial charge in [0.15, 0.2) is 17.5 Å². The monoisotopic (exact) mass is 691 g/mol. The van der Waals surface area contributed by atoms with Gasteiger partial charge in [-0.2, -0.15) is 0 Å². The Morgan fingerprint density at radius 2 is 0.849 bits per heavy atom. The summed E-state index contributed by atoms with van der Waals surface area (Å²) in [5.74, 6) is 1.95. The Bertz CT molecular complexity index is 3220. The number of rotatable bonds is 4. The van der Waals surface area contributed by atoms with Crippen LogP contribution in [0.3, 0.4) is 0 Å². The molecule has 0 aliphatic heterocycles. The van der Waals surface area contributed by atoms with Crippen molar-refractivity contribution >= 4 is 74.6 Å². The lowest BCUT2D eigenvalue weighted by Crippen LogP contribution is -2.01. The average molecular weight is 692 g/mol. The van der Waals surface area contributed by atoms with Crippen LogP contribution in [0.15, 0.2) is 176 Å². The molecule has 0 atom stereocenters. The van der Waals surface area contributed by atoms with Crippen molar-refractivity contribution in [2.75, 3.05) is 0 Å². The highest BCUT2D eigenvalue weighted by Gasteiger charge is 2.19. The normalized spacial score (nSPS) is 11.8. The fourth-order valence-corrected chi connectivity index (χ4v) is 9.07. The second-order valence-electron chi connectivity index (χ2n) is 13.6. The minimum atomic E-state index is 0.646. The number of hydrogen-bond donors (Lipinski definition) is 0. The Morgan fingerprint density at radius 1 is 0.302 bits per heavy atom. The van der Waals surface area contributed by atoms with Gasteiger partial charge in [0.05, 0.1) is 0 Å². The molecule has 0 aliphatic carbocycles. The van der Waals surface area contributed by atoms with Crippen LogP contribution in [0.2, 0.25) is 0 Å². The summed E-state index contributed by atoms with van der Waals surface area (Å²) in [6.45, 7) is 0. The summed E-state index contributed by atoms with van der Waals surface area (Å²) < 4.78 is 2.60. The minimum Gasteiger partial charge on any atom is -0.208 e. The number of nitrogens with zero attached hydrogens (tertiary/aromatic N) is 3. The van der Waals surface area contributed by atoms with Crippen molar-refractivity contribution in [3.8, 4) is 45.3 Å². The number of hydrogen-bond acceptors (Lipinski definition) is 4. The smallest absolute Gasteiger partial charge is 0.164 e. The van der Waals surface area contributed by atoms with Crippen LogP contribution in [0, 0.1) is 0 Å². The van der Waals surface area contributed by atoms with Crippen molar-refractivity contribution in [3.63, 3.8) is 0 Å². The number of thiophene rings is 1. The third kappa shape index (κ3) is 4.91. The molecular weight excluding hydrogens is 663 g/mol. The SMILES string of the molecule is c1ccc(-c2ccc(-c3nc(-c4ccc5ccccc5c4)nc(-c4cc5ccc6sc7ccc8ccccc8c7c6c5c5ccccc45)n3)cc2)cc1. The standard InChI is InChI=1S/C49H29N3S/c1-2-10-30(11-3-1)32-18-21-34(22-19-32)47-50-48(37-23-20-31-12-4-5-14-35(31)28-37)52-49(51-47)41-29-36-25-27-43-46(44(36)40-17-9-8-16-39(40)41)45-38-15-7-6-13-33(38)24-26-42(45)53-43/h1-29H. The predicted molar refractivity (Wildman–Crippen MR) is 224 cm³/mol. The quantitative estimate of drug-likeness (QED) is 0.172. The fraction of sp³-hybridized carbons (Fsp3) is 0. The first-order valence-electron chi connectivity index (χ1n) is 17.9. The zero-order chi connectivity index (χ0) is 34.9. The zero-order valence-electron chi connectivity index (χ0n) is 28.5. The van der Waals surface area contributed by atoms with Crippen LogP contribution in [0.5, 0.6) is 0 Å². The Labute approximate surface area is 309 Å². The lowest BCUT2D eigenvalue weighted by atomic mass is 9.93. The van der Waals surface area contributed by atoms with Crippen molar-refractivity contribution in [2.45, 2.75) is 0 Å². The molecule has 4 heteroatoms. The van der Waals surface area contributed by atoms with E-state index in [1.54, 1.807) is 0 Å². The molecule has 0 bridgehead atoms. The van der Waals surface area contributed by atoms with Crippen molar-refractivity contribution < 1.29 is 0 Å². The van der Waals surface area contributed by atoms with E-state index < -0.39 is 0 Å². The summed E-state index contributed by atoms with van der Waals surface area (Å²) in [7, 11) is 0. The molecule has 0 saturated carbocycles. The molecule has 0 saturated heterocycles. The number of aromatic nitrogens is 3. The third-order valence-corrected chi connectivity index (χ3v) is 11.6. The highest BCUT2D eigenvalue weighted by molar-refractivity contribution is 7.26. The molecule has 0 radical (unpaired) electrons. The second kappa shape index (κ2) is 11.9. The molecule has 2 heterocycles. The molecule has 53 heavy (non-hydrogen) atoms. The van der Waals surface area contributed by atoms with E-state index in [-0.39, 0.29) is 0 Å². The van der Waals surface area contributed by atoms with Crippen LogP contribution in [-0.4, -0.2) is 15.0 Å². The first kappa shape index (κ1) is 29.9. The van der Waals surface area contributed by atoms with Crippen molar-refractivity contribution in [1.82, 2.24) is 15.0 Å². The van der Waals surface area contributed by atoms with Crippen LogP contribution in [0.4, 0.5) is 0 Å². The van der Waals surface area contributed by atoms with Gasteiger partial charge in [-0.25, -0.2) is 15.0 Å². The molecule has 9 aromatic carbocycles. The maximum atomic E-state index is 5.25. The maximum absolute atomic E-state index is 5.25. The van der Waals surface area contributed by atoms with E-state index in [0.717, 1.165) is 33.0 Å². The zero-order valence-corrected chi connectivity index (χ0v) is 29.3. The van der Waals surface area contributed by atoms with Gasteiger partial charge in [0.2, 0.25) is 0 Å². The molecule has 2 aromatic heterocycles. The summed E-state index contributed by atoms with van der Waals surface area (Å²) in [5.41, 5.74) is 5.22. The summed E-state index contributed by atoms with van der Waals surface area (Å²) in [6.07, 6.45) is 0. The van der Waals surface area contributed by atoms with Gasteiger partial charge in [-0.1, -0.05) is 152 Å². The molecule has 0 amide bonds. The van der Waals surface area contributed by atoms with Crippen LogP contribution in [-0.2, 0) is 0 Å². The molecular formula is C49H29N3S. The van der Waals surface area contributed by atoms with E-state index >= 15 is 0 Å². The van der Waals surface area contributed by atoms with E-state index in [1.165, 1.54) is 58.1 Å². The topological polar surface area (TPSA) is 38.7 Å². The van der Waals surface area contributed by atoms with Crippen molar-refractivity contribution in [1.29, 1.82) is 0 Å². The van der Waals surface area contributed by atoms with Crippen LogP contribution < -0.4 is 0 Å². The van der Waals surface area contributed by atoms with Gasteiger partial charge >= 0.3 is 0 Å². The molecule has 3 nitrogen and oxygen atoms in total. The lowest BCUT2D eigenvalue weighted by Gasteiger charge is -2.14. The fourth-order valence-electron chi connectivity index (χ4n) is 7.94. The Kier molecular flexibility index (Phi) is 6.73. The molecule has 11 rings (SSSR count). The number of benzene rings is 9. The Hall–Kier alpha value is -6.75. The first-order valence-corrected chi connectivity index (χ1v) is 18.7. The summed E-state index contributed by atoms with van der Waals surface area (Å²) in [4.78, 5) is 15.6. The molecule has 0 unspecified atom stereocenters. The Morgan fingerprint density at radius 3 is 1.66 bits per heavy atom. The van der Waals surface area contributed by atoms with E-state index in [2.05, 4.69) is 170 Å². The molecule has 0 aliphatic rings. The highest BCUT2D eigenvalue weighted by atomic mass is 32.1. The van der Waals surface area contributed by atoms with Crippen molar-refractivity contribution in [2.24, 2.45) is 0 Å². The van der Waals surface area contributed by atoms with Crippen LogP contribution in [0.1, 0.15) is 0 Å². The van der Waals surface area contributed by atoms with E-state index in [0.29, 0.717) is 17.5 Å². The van der Waals surface area contributed by atoms with Gasteiger partial charge in [0.25, 0.3) is 0 Å². The van der Waals surface area contributed by atoms with Crippen molar-refractivity contribution in [3.05, 3.63) is 176 Å². The largest absolute Gasteiger partial charge is 0.208 e. The van der Waals surface area contributed by atoms with E-state index in [4.69, 9.17) is 15.0 Å². The molecule has 11 aromatic rings. The summed E-state index contributed by atoms with van der Waals surface area (Å²) >= 11 is 1.87. The predicted octanol–water partition coefficient (Wildman–Crippen LogP) is 13.5. The van der Waals surface area contributed by atoms with Gasteiger partial charge in [-0.15, -0.1) is 11.3 Å². The van der Waals surface area contributed by atoms with Gasteiger partial charge in [-0.05, 0) is 78.5 Å². The second-order valence-corrected chi connectivity index (χ2v) is 14.7. The van der Waals surface area contributed by atoms with Crippen LogP contribution in [0.25, 0.3) is 109 Å². The first-order chi connectivity index (χ1) is 26.2. The van der Waals surface area contributed by atoms with Gasteiger partial charge in [0.1, 0.15) is 0 Å². The van der Waals surface area contributed by atoms with E-state index in [1.807, 2.05) is 17.4 Å². The lowest BCUT2D eigenvalue weighted by molar-refractivity contribution is 1.08. The molecule has 0 N–H and O–H groups in total. The number of fused-ring (bicyclic) bond motifs is 10. The molecule has 246 valence electrons. The highest BCUT2D eigenvalue weighted by Crippen LogP contribution is 2.45.